The number of amides is 1. The Morgan fingerprint density at radius 1 is 1.42 bits per heavy atom. The summed E-state index contributed by atoms with van der Waals surface area (Å²) in [4.78, 5) is 18.0. The van der Waals surface area contributed by atoms with E-state index in [9.17, 15) is 18.0 Å². The van der Waals surface area contributed by atoms with Crippen LogP contribution in [0.2, 0.25) is 0 Å². The predicted octanol–water partition coefficient (Wildman–Crippen LogP) is 2.49. The number of carbonyl (C=O) groups is 1. The average molecular weight is 341 g/mol. The highest BCUT2D eigenvalue weighted by atomic mass is 19.4. The lowest BCUT2D eigenvalue weighted by Crippen LogP contribution is -2.39. The van der Waals surface area contributed by atoms with Gasteiger partial charge in [-0.25, -0.2) is 4.98 Å². The molecule has 0 unspecified atom stereocenters. The van der Waals surface area contributed by atoms with Gasteiger partial charge in [-0.1, -0.05) is 0 Å². The van der Waals surface area contributed by atoms with E-state index in [-0.39, 0.29) is 11.8 Å². The molecular formula is C15H18F3N5O. The zero-order chi connectivity index (χ0) is 17.5. The molecule has 3 rings (SSSR count). The second-order valence-electron chi connectivity index (χ2n) is 6.09. The number of rotatable bonds is 2. The van der Waals surface area contributed by atoms with Gasteiger partial charge in [0.2, 0.25) is 0 Å². The van der Waals surface area contributed by atoms with Crippen LogP contribution in [0.4, 0.5) is 13.2 Å². The molecule has 3 heterocycles. The Hall–Kier alpha value is -2.32. The molecule has 1 aliphatic heterocycles. The fourth-order valence-electron chi connectivity index (χ4n) is 3.11. The number of alkyl halides is 3. The number of aromatic amines is 1. The molecule has 1 atom stereocenters. The summed E-state index contributed by atoms with van der Waals surface area (Å²) in [5.74, 6) is -0.00375. The molecule has 1 saturated heterocycles. The molecule has 1 amide bonds. The molecule has 2 aromatic rings. The van der Waals surface area contributed by atoms with E-state index in [4.69, 9.17) is 0 Å². The van der Waals surface area contributed by atoms with Crippen molar-refractivity contribution in [1.82, 2.24) is 24.6 Å². The van der Waals surface area contributed by atoms with Crippen molar-refractivity contribution in [3.8, 4) is 0 Å². The molecule has 0 bridgehead atoms. The van der Waals surface area contributed by atoms with Crippen molar-refractivity contribution in [3.63, 3.8) is 0 Å². The average Bonchev–Trinajstić information content (AvgIpc) is 3.12. The predicted molar refractivity (Wildman–Crippen MR) is 79.4 cm³/mol. The number of imidazole rings is 1. The van der Waals surface area contributed by atoms with E-state index in [1.54, 1.807) is 18.9 Å². The number of halogens is 3. The van der Waals surface area contributed by atoms with Crippen LogP contribution >= 0.6 is 0 Å². The number of carbonyl (C=O) groups excluding carboxylic acids is 1. The molecule has 1 fully saturated rings. The molecule has 24 heavy (non-hydrogen) atoms. The van der Waals surface area contributed by atoms with E-state index in [1.807, 2.05) is 0 Å². The second kappa shape index (κ2) is 5.95. The third-order valence-corrected chi connectivity index (χ3v) is 4.34. The summed E-state index contributed by atoms with van der Waals surface area (Å²) < 4.78 is 39.9. The number of hydrogen-bond donors (Lipinski definition) is 1. The molecular weight excluding hydrogens is 323 g/mol. The van der Waals surface area contributed by atoms with E-state index in [0.717, 1.165) is 12.6 Å². The summed E-state index contributed by atoms with van der Waals surface area (Å²) in [6, 6.07) is 0. The van der Waals surface area contributed by atoms with E-state index in [2.05, 4.69) is 15.2 Å². The zero-order valence-electron chi connectivity index (χ0n) is 13.4. The Bertz CT molecular complexity index is 749. The molecule has 2 aromatic heterocycles. The van der Waals surface area contributed by atoms with Crippen molar-refractivity contribution in [1.29, 1.82) is 0 Å². The number of aromatic nitrogens is 4. The van der Waals surface area contributed by atoms with Crippen LogP contribution in [0.1, 0.15) is 46.3 Å². The molecule has 0 spiro atoms. The molecule has 1 N–H and O–H groups in total. The fourth-order valence-corrected chi connectivity index (χ4v) is 3.11. The highest BCUT2D eigenvalue weighted by Gasteiger charge is 2.36. The molecule has 0 aliphatic carbocycles. The van der Waals surface area contributed by atoms with E-state index in [1.165, 1.54) is 10.8 Å². The van der Waals surface area contributed by atoms with Crippen LogP contribution in [0.15, 0.2) is 12.4 Å². The maximum absolute atomic E-state index is 12.8. The number of piperidine rings is 1. The Balaban J connectivity index is 1.80. The lowest BCUT2D eigenvalue weighted by molar-refractivity contribution is -0.141. The standard InChI is InChI=1S/C15H18F3N5O/c1-9-11(6-19-21-9)14(24)23-5-3-4-10(7-23)13-20-12(8-22(13)2)15(16,17)18/h6,8,10H,3-5,7H2,1-2H3,(H,19,21)/t10-/m1/s1. The first kappa shape index (κ1) is 16.5. The smallest absolute Gasteiger partial charge is 0.338 e. The third-order valence-electron chi connectivity index (χ3n) is 4.34. The van der Waals surface area contributed by atoms with Gasteiger partial charge in [-0.2, -0.15) is 18.3 Å². The number of likely N-dealkylation sites (tertiary alicyclic amines) is 1. The normalized spacial score (nSPS) is 18.9. The molecule has 6 nitrogen and oxygen atoms in total. The van der Waals surface area contributed by atoms with Crippen molar-refractivity contribution >= 4 is 5.91 Å². The summed E-state index contributed by atoms with van der Waals surface area (Å²) in [7, 11) is 1.55. The van der Waals surface area contributed by atoms with Gasteiger partial charge in [-0.15, -0.1) is 0 Å². The summed E-state index contributed by atoms with van der Waals surface area (Å²) in [6.45, 7) is 2.69. The van der Waals surface area contributed by atoms with Gasteiger partial charge in [0, 0.05) is 37.9 Å². The first-order valence-electron chi connectivity index (χ1n) is 7.67. The number of nitrogens with zero attached hydrogens (tertiary/aromatic N) is 4. The van der Waals surface area contributed by atoms with Crippen LogP contribution in [-0.2, 0) is 13.2 Å². The summed E-state index contributed by atoms with van der Waals surface area (Å²) in [5, 5.41) is 6.57. The van der Waals surface area contributed by atoms with Crippen molar-refractivity contribution in [2.45, 2.75) is 31.9 Å². The Morgan fingerprint density at radius 3 is 2.75 bits per heavy atom. The van der Waals surface area contributed by atoms with E-state index in [0.29, 0.717) is 36.6 Å². The highest BCUT2D eigenvalue weighted by molar-refractivity contribution is 5.95. The largest absolute Gasteiger partial charge is 0.434 e. The van der Waals surface area contributed by atoms with Gasteiger partial charge < -0.3 is 9.47 Å². The van der Waals surface area contributed by atoms with Gasteiger partial charge in [0.05, 0.1) is 11.8 Å². The minimum absolute atomic E-state index is 0.156. The molecule has 0 saturated carbocycles. The van der Waals surface area contributed by atoms with Gasteiger partial charge in [0.1, 0.15) is 5.82 Å². The maximum Gasteiger partial charge on any atom is 0.434 e. The third kappa shape index (κ3) is 3.02. The van der Waals surface area contributed by atoms with Gasteiger partial charge in [-0.3, -0.25) is 9.89 Å². The summed E-state index contributed by atoms with van der Waals surface area (Å²) in [5.41, 5.74) is 0.277. The SMILES string of the molecule is Cc1[nH]ncc1C(=O)N1CCC[C@@H](c2nc(C(F)(F)F)cn2C)C1. The van der Waals surface area contributed by atoms with Crippen LogP contribution < -0.4 is 0 Å². The topological polar surface area (TPSA) is 66.8 Å². The monoisotopic (exact) mass is 341 g/mol. The summed E-state index contributed by atoms with van der Waals surface area (Å²) >= 11 is 0. The zero-order valence-corrected chi connectivity index (χ0v) is 13.4. The summed E-state index contributed by atoms with van der Waals surface area (Å²) in [6.07, 6.45) is -0.563. The van der Waals surface area contributed by atoms with Crippen molar-refractivity contribution < 1.29 is 18.0 Å². The van der Waals surface area contributed by atoms with Gasteiger partial charge in [0.25, 0.3) is 5.91 Å². The molecule has 130 valence electrons. The van der Waals surface area contributed by atoms with Crippen LogP contribution in [-0.4, -0.2) is 43.6 Å². The highest BCUT2D eigenvalue weighted by Crippen LogP contribution is 2.32. The van der Waals surface area contributed by atoms with Crippen LogP contribution in [0.5, 0.6) is 0 Å². The minimum Gasteiger partial charge on any atom is -0.338 e. The van der Waals surface area contributed by atoms with E-state index < -0.39 is 11.9 Å². The lowest BCUT2D eigenvalue weighted by Gasteiger charge is -2.32. The number of hydrogen-bond acceptors (Lipinski definition) is 3. The Kier molecular flexibility index (Phi) is 4.10. The quantitative estimate of drug-likeness (QED) is 0.913. The van der Waals surface area contributed by atoms with Crippen molar-refractivity contribution in [2.24, 2.45) is 7.05 Å². The van der Waals surface area contributed by atoms with Crippen LogP contribution in [0, 0.1) is 6.92 Å². The van der Waals surface area contributed by atoms with Gasteiger partial charge in [0.15, 0.2) is 5.69 Å². The first-order valence-corrected chi connectivity index (χ1v) is 7.67. The van der Waals surface area contributed by atoms with Gasteiger partial charge >= 0.3 is 6.18 Å². The lowest BCUT2D eigenvalue weighted by atomic mass is 9.96. The fraction of sp³-hybridized carbons (Fsp3) is 0.533. The number of nitrogens with one attached hydrogen (secondary N) is 1. The van der Waals surface area contributed by atoms with Crippen LogP contribution in [0.3, 0.4) is 0 Å². The molecule has 0 aromatic carbocycles. The Morgan fingerprint density at radius 2 is 2.17 bits per heavy atom. The molecule has 0 radical (unpaired) electrons. The van der Waals surface area contributed by atoms with Crippen LogP contribution in [0.25, 0.3) is 0 Å². The Labute approximate surface area is 136 Å². The van der Waals surface area contributed by atoms with Crippen molar-refractivity contribution in [3.05, 3.63) is 35.2 Å². The second-order valence-corrected chi connectivity index (χ2v) is 6.09. The van der Waals surface area contributed by atoms with Gasteiger partial charge in [-0.05, 0) is 19.8 Å². The molecule has 9 heteroatoms. The number of H-pyrrole nitrogens is 1. The minimum atomic E-state index is -4.46. The van der Waals surface area contributed by atoms with E-state index >= 15 is 0 Å². The maximum atomic E-state index is 12.8. The molecule has 1 aliphatic rings. The number of aryl methyl sites for hydroxylation is 2. The first-order chi connectivity index (χ1) is 11.3. The van der Waals surface area contributed by atoms with Crippen molar-refractivity contribution in [2.75, 3.05) is 13.1 Å².